The lowest BCUT2D eigenvalue weighted by Gasteiger charge is -2.14. The predicted octanol–water partition coefficient (Wildman–Crippen LogP) is 3.15. The fourth-order valence-electron chi connectivity index (χ4n) is 3.34. The third-order valence-corrected chi connectivity index (χ3v) is 4.96. The molecule has 31 heavy (non-hydrogen) atoms. The Morgan fingerprint density at radius 1 is 1.26 bits per heavy atom. The lowest BCUT2D eigenvalue weighted by Crippen LogP contribution is -2.24. The first-order valence-corrected chi connectivity index (χ1v) is 9.77. The molecule has 0 aliphatic heterocycles. The number of nitrogens with zero attached hydrogens (tertiary/aromatic N) is 3. The van der Waals surface area contributed by atoms with Crippen LogP contribution in [0.2, 0.25) is 0 Å². The van der Waals surface area contributed by atoms with Gasteiger partial charge in [0, 0.05) is 36.7 Å². The van der Waals surface area contributed by atoms with Gasteiger partial charge in [-0.1, -0.05) is 24.3 Å². The van der Waals surface area contributed by atoms with E-state index in [1.807, 2.05) is 13.0 Å². The summed E-state index contributed by atoms with van der Waals surface area (Å²) in [6.07, 6.45) is 1.69. The maximum Gasteiger partial charge on any atom is 0.255 e. The second-order valence-corrected chi connectivity index (χ2v) is 7.04. The summed E-state index contributed by atoms with van der Waals surface area (Å²) in [7, 11) is 3.14. The van der Waals surface area contributed by atoms with Crippen molar-refractivity contribution < 1.29 is 14.3 Å². The number of aromatic nitrogens is 2. The molecule has 1 aromatic heterocycles. The van der Waals surface area contributed by atoms with Gasteiger partial charge in [0.25, 0.3) is 5.91 Å². The summed E-state index contributed by atoms with van der Waals surface area (Å²) < 4.78 is 12.2. The van der Waals surface area contributed by atoms with Gasteiger partial charge in [0.15, 0.2) is 0 Å². The zero-order valence-corrected chi connectivity index (χ0v) is 17.8. The lowest BCUT2D eigenvalue weighted by molar-refractivity contribution is 0.0948. The number of hydrogen-bond acceptors (Lipinski definition) is 6. The molecule has 1 unspecified atom stereocenters. The Hall–Kier alpha value is -3.83. The average molecular weight is 419 g/mol. The van der Waals surface area contributed by atoms with E-state index < -0.39 is 0 Å². The molecule has 8 heteroatoms. The highest BCUT2D eigenvalue weighted by molar-refractivity contribution is 5.97. The molecule has 0 aliphatic carbocycles. The van der Waals surface area contributed by atoms with Gasteiger partial charge in [-0.2, -0.15) is 10.4 Å². The van der Waals surface area contributed by atoms with Gasteiger partial charge in [0.05, 0.1) is 30.9 Å². The fraction of sp³-hybridized carbons (Fsp3) is 0.261. The molecule has 0 radical (unpaired) electrons. The molecule has 1 atom stereocenters. The van der Waals surface area contributed by atoms with Crippen LogP contribution >= 0.6 is 0 Å². The Morgan fingerprint density at radius 3 is 2.74 bits per heavy atom. The number of nitriles is 1. The van der Waals surface area contributed by atoms with E-state index in [1.165, 1.54) is 7.11 Å². The molecule has 3 N–H and O–H groups in total. The zero-order valence-electron chi connectivity index (χ0n) is 17.8. The number of carbonyl (C=O) groups excluding carboxylic acids is 1. The standard InChI is InChI=1S/C23H25N5O3/c1-15(14-30-2)28-13-16(11-24)22(27-28)17-8-6-9-20(25)19(17)12-26-23(29)18-7-4-5-10-21(18)31-3/h4-10,13,15H,12,14,25H2,1-3H3,(H,26,29). The van der Waals surface area contributed by atoms with Crippen molar-refractivity contribution in [2.75, 3.05) is 26.6 Å². The fourth-order valence-corrected chi connectivity index (χ4v) is 3.34. The van der Waals surface area contributed by atoms with Crippen molar-refractivity contribution in [2.24, 2.45) is 0 Å². The Bertz CT molecular complexity index is 1120. The number of amides is 1. The molecule has 1 amide bonds. The van der Waals surface area contributed by atoms with Crippen molar-refractivity contribution in [3.05, 3.63) is 65.4 Å². The number of hydrogen-bond donors (Lipinski definition) is 2. The van der Waals surface area contributed by atoms with Gasteiger partial charge in [0.1, 0.15) is 17.5 Å². The van der Waals surface area contributed by atoms with Crippen LogP contribution in [0.5, 0.6) is 5.75 Å². The number of nitrogens with two attached hydrogens (primary N) is 1. The lowest BCUT2D eigenvalue weighted by atomic mass is 10.00. The average Bonchev–Trinajstić information content (AvgIpc) is 3.22. The van der Waals surface area contributed by atoms with Crippen molar-refractivity contribution in [1.82, 2.24) is 15.1 Å². The Labute approximate surface area is 181 Å². The van der Waals surface area contributed by atoms with Crippen LogP contribution in [0.3, 0.4) is 0 Å². The third-order valence-electron chi connectivity index (χ3n) is 4.96. The molecule has 0 fully saturated rings. The largest absolute Gasteiger partial charge is 0.496 e. The topological polar surface area (TPSA) is 115 Å². The van der Waals surface area contributed by atoms with Gasteiger partial charge in [0.2, 0.25) is 0 Å². The van der Waals surface area contributed by atoms with Gasteiger partial charge >= 0.3 is 0 Å². The molecule has 8 nitrogen and oxygen atoms in total. The Morgan fingerprint density at radius 2 is 2.03 bits per heavy atom. The van der Waals surface area contributed by atoms with Crippen LogP contribution < -0.4 is 15.8 Å². The molecule has 3 aromatic rings. The number of anilines is 1. The molecular weight excluding hydrogens is 394 g/mol. The molecule has 3 rings (SSSR count). The van der Waals surface area contributed by atoms with Gasteiger partial charge in [-0.05, 0) is 25.1 Å². The van der Waals surface area contributed by atoms with Crippen LogP contribution in [0.1, 0.15) is 34.5 Å². The Balaban J connectivity index is 1.93. The summed E-state index contributed by atoms with van der Waals surface area (Å²) in [5, 5.41) is 17.1. The number of benzene rings is 2. The predicted molar refractivity (Wildman–Crippen MR) is 118 cm³/mol. The number of para-hydroxylation sites is 1. The van der Waals surface area contributed by atoms with Crippen LogP contribution in [0.15, 0.2) is 48.7 Å². The van der Waals surface area contributed by atoms with Crippen LogP contribution in [-0.4, -0.2) is 36.5 Å². The van der Waals surface area contributed by atoms with E-state index in [4.69, 9.17) is 15.2 Å². The van der Waals surface area contributed by atoms with Crippen molar-refractivity contribution in [3.8, 4) is 23.1 Å². The zero-order chi connectivity index (χ0) is 22.4. The Kier molecular flexibility index (Phi) is 6.90. The van der Waals surface area contributed by atoms with Crippen molar-refractivity contribution in [2.45, 2.75) is 19.5 Å². The summed E-state index contributed by atoms with van der Waals surface area (Å²) in [6, 6.07) is 14.5. The molecule has 160 valence electrons. The quantitative estimate of drug-likeness (QED) is 0.542. The van der Waals surface area contributed by atoms with Crippen LogP contribution in [-0.2, 0) is 11.3 Å². The van der Waals surface area contributed by atoms with E-state index in [9.17, 15) is 10.1 Å². The monoisotopic (exact) mass is 419 g/mol. The van der Waals surface area contributed by atoms with E-state index in [-0.39, 0.29) is 18.5 Å². The molecule has 0 bridgehead atoms. The first-order valence-electron chi connectivity index (χ1n) is 9.77. The van der Waals surface area contributed by atoms with Crippen molar-refractivity contribution in [1.29, 1.82) is 5.26 Å². The number of carbonyl (C=O) groups is 1. The number of ether oxygens (including phenoxy) is 2. The minimum atomic E-state index is -0.286. The van der Waals surface area contributed by atoms with E-state index in [1.54, 1.807) is 54.4 Å². The van der Waals surface area contributed by atoms with Crippen LogP contribution in [0.25, 0.3) is 11.3 Å². The molecule has 0 saturated heterocycles. The minimum absolute atomic E-state index is 0.0411. The highest BCUT2D eigenvalue weighted by Crippen LogP contribution is 2.30. The summed E-state index contributed by atoms with van der Waals surface area (Å²) in [4.78, 5) is 12.7. The second kappa shape index (κ2) is 9.78. The first-order chi connectivity index (χ1) is 15.0. The molecule has 2 aromatic carbocycles. The van der Waals surface area contributed by atoms with E-state index in [0.29, 0.717) is 46.0 Å². The molecule has 0 spiro atoms. The molecular formula is C23H25N5O3. The second-order valence-electron chi connectivity index (χ2n) is 7.04. The highest BCUT2D eigenvalue weighted by Gasteiger charge is 2.19. The summed E-state index contributed by atoms with van der Waals surface area (Å²) >= 11 is 0. The van der Waals surface area contributed by atoms with E-state index in [0.717, 1.165) is 0 Å². The van der Waals surface area contributed by atoms with Gasteiger partial charge in [-0.3, -0.25) is 9.48 Å². The van der Waals surface area contributed by atoms with E-state index in [2.05, 4.69) is 16.5 Å². The first kappa shape index (κ1) is 21.9. The number of rotatable bonds is 8. The molecule has 0 saturated carbocycles. The van der Waals surface area contributed by atoms with Crippen molar-refractivity contribution >= 4 is 11.6 Å². The summed E-state index contributed by atoms with van der Waals surface area (Å²) in [5.41, 5.74) is 9.48. The van der Waals surface area contributed by atoms with E-state index >= 15 is 0 Å². The highest BCUT2D eigenvalue weighted by atomic mass is 16.5. The summed E-state index contributed by atoms with van der Waals surface area (Å²) in [6.45, 7) is 2.59. The molecule has 1 heterocycles. The normalized spacial score (nSPS) is 11.5. The van der Waals surface area contributed by atoms with Crippen LogP contribution in [0, 0.1) is 11.3 Å². The van der Waals surface area contributed by atoms with Crippen molar-refractivity contribution in [3.63, 3.8) is 0 Å². The van der Waals surface area contributed by atoms with Crippen LogP contribution in [0.4, 0.5) is 5.69 Å². The van der Waals surface area contributed by atoms with Gasteiger partial charge in [-0.15, -0.1) is 0 Å². The summed E-state index contributed by atoms with van der Waals surface area (Å²) in [5.74, 6) is 0.199. The smallest absolute Gasteiger partial charge is 0.255 e. The number of nitrogen functional groups attached to an aromatic ring is 1. The number of nitrogens with one attached hydrogen (secondary N) is 1. The minimum Gasteiger partial charge on any atom is -0.496 e. The van der Waals surface area contributed by atoms with Gasteiger partial charge in [-0.25, -0.2) is 0 Å². The SMILES string of the molecule is COCC(C)n1cc(C#N)c(-c2cccc(N)c2CNC(=O)c2ccccc2OC)n1. The van der Waals surface area contributed by atoms with Gasteiger partial charge < -0.3 is 20.5 Å². The maximum absolute atomic E-state index is 12.7. The third kappa shape index (κ3) is 4.68. The maximum atomic E-state index is 12.7. The number of methoxy groups -OCH3 is 2. The molecule has 0 aliphatic rings.